The fourth-order valence-electron chi connectivity index (χ4n) is 4.53. The van der Waals surface area contributed by atoms with E-state index in [0.29, 0.717) is 23.3 Å². The summed E-state index contributed by atoms with van der Waals surface area (Å²) in [6.45, 7) is 0.622. The first kappa shape index (κ1) is 22.9. The lowest BCUT2D eigenvalue weighted by Crippen LogP contribution is -2.29. The van der Waals surface area contributed by atoms with Crippen LogP contribution >= 0.6 is 11.6 Å². The minimum absolute atomic E-state index is 0.00280. The van der Waals surface area contributed by atoms with Crippen molar-refractivity contribution < 1.29 is 28.9 Å². The lowest BCUT2D eigenvalue weighted by molar-refractivity contribution is -0.140. The Morgan fingerprint density at radius 3 is 2.60 bits per heavy atom. The van der Waals surface area contributed by atoms with Gasteiger partial charge < -0.3 is 19.8 Å². The highest BCUT2D eigenvalue weighted by atomic mass is 35.5. The number of aliphatic hydroxyl groups excluding tert-OH is 1. The minimum Gasteiger partial charge on any atom is -0.507 e. The molecular formula is C27H21ClFNO5. The van der Waals surface area contributed by atoms with Crippen LogP contribution in [0.2, 0.25) is 5.02 Å². The zero-order valence-corrected chi connectivity index (χ0v) is 19.3. The van der Waals surface area contributed by atoms with Crippen molar-refractivity contribution in [2.24, 2.45) is 0 Å². The van der Waals surface area contributed by atoms with Crippen LogP contribution < -0.4 is 4.74 Å². The zero-order chi connectivity index (χ0) is 24.7. The molecule has 3 aromatic carbocycles. The molecule has 1 fully saturated rings. The average molecular weight is 494 g/mol. The molecule has 2 heterocycles. The second kappa shape index (κ2) is 9.07. The van der Waals surface area contributed by atoms with Gasteiger partial charge in [0.15, 0.2) is 0 Å². The van der Waals surface area contributed by atoms with Gasteiger partial charge in [-0.05, 0) is 72.0 Å². The van der Waals surface area contributed by atoms with Gasteiger partial charge in [-0.15, -0.1) is 0 Å². The van der Waals surface area contributed by atoms with Gasteiger partial charge in [-0.2, -0.15) is 0 Å². The molecule has 5 rings (SSSR count). The fraction of sp³-hybridized carbons (Fsp3) is 0.185. The summed E-state index contributed by atoms with van der Waals surface area (Å²) in [5.41, 5.74) is 2.26. The summed E-state index contributed by atoms with van der Waals surface area (Å²) >= 11 is 6.14. The summed E-state index contributed by atoms with van der Waals surface area (Å²) in [6, 6.07) is 14.1. The molecular weight excluding hydrogens is 473 g/mol. The number of fused-ring (bicyclic) bond motifs is 1. The molecule has 2 N–H and O–H groups in total. The summed E-state index contributed by atoms with van der Waals surface area (Å²) in [4.78, 5) is 27.7. The number of aryl methyl sites for hydroxylation is 1. The molecule has 2 aliphatic rings. The Morgan fingerprint density at radius 1 is 1.09 bits per heavy atom. The Hall–Kier alpha value is -3.84. The molecule has 0 radical (unpaired) electrons. The van der Waals surface area contributed by atoms with Gasteiger partial charge in [0.25, 0.3) is 11.7 Å². The SMILES string of the molecule is O=C1C(=O)N(Cc2ccc(F)cc2)C(c2ccc(O)c(Cl)c2)/C1=C(/O)c1ccc2c(c1)CCCO2. The van der Waals surface area contributed by atoms with E-state index in [9.17, 15) is 24.2 Å². The molecule has 0 saturated carbocycles. The van der Waals surface area contributed by atoms with Gasteiger partial charge in [0.1, 0.15) is 23.1 Å². The van der Waals surface area contributed by atoms with E-state index in [-0.39, 0.29) is 28.6 Å². The van der Waals surface area contributed by atoms with Crippen molar-refractivity contribution in [3.8, 4) is 11.5 Å². The van der Waals surface area contributed by atoms with Crippen LogP contribution in [0.4, 0.5) is 4.39 Å². The molecule has 6 nitrogen and oxygen atoms in total. The van der Waals surface area contributed by atoms with E-state index in [1.165, 1.54) is 41.3 Å². The number of carbonyl (C=O) groups excluding carboxylic acids is 2. The standard InChI is InChI=1S/C27H21ClFNO5/c28-20-13-17(5-9-21(20)31)24-23(25(32)18-6-10-22-16(12-18)2-1-11-35-22)26(33)27(34)30(24)14-15-3-7-19(29)8-4-15/h3-10,12-13,24,31-32H,1-2,11,14H2/b25-23-. The first-order valence-electron chi connectivity index (χ1n) is 11.1. The number of hydrogen-bond donors (Lipinski definition) is 2. The molecule has 178 valence electrons. The number of hydrogen-bond acceptors (Lipinski definition) is 5. The van der Waals surface area contributed by atoms with E-state index in [4.69, 9.17) is 16.3 Å². The van der Waals surface area contributed by atoms with Gasteiger partial charge in [-0.25, -0.2) is 4.39 Å². The van der Waals surface area contributed by atoms with Crippen LogP contribution in [-0.2, 0) is 22.6 Å². The van der Waals surface area contributed by atoms with Crippen molar-refractivity contribution in [2.45, 2.75) is 25.4 Å². The second-order valence-electron chi connectivity index (χ2n) is 8.54. The summed E-state index contributed by atoms with van der Waals surface area (Å²) < 4.78 is 19.1. The van der Waals surface area contributed by atoms with Crippen LogP contribution in [0.3, 0.4) is 0 Å². The normalized spacial score (nSPS) is 18.9. The third kappa shape index (κ3) is 4.23. The minimum atomic E-state index is -0.967. The van der Waals surface area contributed by atoms with E-state index in [1.807, 2.05) is 0 Å². The number of halogens is 2. The van der Waals surface area contributed by atoms with Crippen molar-refractivity contribution >= 4 is 29.1 Å². The summed E-state index contributed by atoms with van der Waals surface area (Å²) in [7, 11) is 0. The maximum absolute atomic E-state index is 13.4. The predicted octanol–water partition coefficient (Wildman–Crippen LogP) is 5.13. The van der Waals surface area contributed by atoms with Crippen LogP contribution in [0.15, 0.2) is 66.2 Å². The highest BCUT2D eigenvalue weighted by molar-refractivity contribution is 6.46. The van der Waals surface area contributed by atoms with E-state index in [1.54, 1.807) is 24.3 Å². The number of Topliss-reactive ketones (excluding diaryl/α,β-unsaturated/α-hetero) is 1. The quantitative estimate of drug-likeness (QED) is 0.299. The molecule has 1 unspecified atom stereocenters. The van der Waals surface area contributed by atoms with Gasteiger partial charge in [0, 0.05) is 12.1 Å². The van der Waals surface area contributed by atoms with Crippen molar-refractivity contribution in [1.29, 1.82) is 0 Å². The first-order valence-corrected chi connectivity index (χ1v) is 11.5. The number of rotatable bonds is 4. The highest BCUT2D eigenvalue weighted by Gasteiger charge is 2.46. The average Bonchev–Trinajstić information content (AvgIpc) is 3.11. The van der Waals surface area contributed by atoms with Gasteiger partial charge >= 0.3 is 0 Å². The molecule has 1 saturated heterocycles. The molecule has 8 heteroatoms. The van der Waals surface area contributed by atoms with Crippen molar-refractivity contribution in [1.82, 2.24) is 4.90 Å². The number of phenolic OH excluding ortho intramolecular Hbond substituents is 1. The van der Waals surface area contributed by atoms with Crippen molar-refractivity contribution in [3.63, 3.8) is 0 Å². The summed E-state index contributed by atoms with van der Waals surface area (Å²) in [5.74, 6) is -1.80. The lowest BCUT2D eigenvalue weighted by Gasteiger charge is -2.26. The van der Waals surface area contributed by atoms with E-state index >= 15 is 0 Å². The van der Waals surface area contributed by atoms with Gasteiger partial charge in [0.05, 0.1) is 23.2 Å². The second-order valence-corrected chi connectivity index (χ2v) is 8.95. The van der Waals surface area contributed by atoms with Crippen molar-refractivity contribution in [2.75, 3.05) is 6.61 Å². The number of carbonyl (C=O) groups is 2. The maximum atomic E-state index is 13.4. The molecule has 0 spiro atoms. The Balaban J connectivity index is 1.64. The number of phenols is 1. The van der Waals surface area contributed by atoms with Crippen LogP contribution in [0.1, 0.15) is 34.7 Å². The number of ketones is 1. The van der Waals surface area contributed by atoms with Crippen LogP contribution in [0, 0.1) is 5.82 Å². The number of ether oxygens (including phenoxy) is 1. The third-order valence-corrected chi connectivity index (χ3v) is 6.58. The topological polar surface area (TPSA) is 87.1 Å². The first-order chi connectivity index (χ1) is 16.8. The molecule has 0 aliphatic carbocycles. The Labute approximate surface area is 205 Å². The Morgan fingerprint density at radius 2 is 1.86 bits per heavy atom. The molecule has 2 aliphatic heterocycles. The number of likely N-dealkylation sites (tertiary alicyclic amines) is 1. The maximum Gasteiger partial charge on any atom is 0.295 e. The smallest absolute Gasteiger partial charge is 0.295 e. The predicted molar refractivity (Wildman–Crippen MR) is 128 cm³/mol. The monoisotopic (exact) mass is 493 g/mol. The lowest BCUT2D eigenvalue weighted by atomic mass is 9.94. The largest absolute Gasteiger partial charge is 0.507 e. The molecule has 0 bridgehead atoms. The van der Waals surface area contributed by atoms with Gasteiger partial charge in [-0.3, -0.25) is 9.59 Å². The highest BCUT2D eigenvalue weighted by Crippen LogP contribution is 2.42. The third-order valence-electron chi connectivity index (χ3n) is 6.28. The van der Waals surface area contributed by atoms with E-state index < -0.39 is 23.5 Å². The molecule has 0 aromatic heterocycles. The Kier molecular flexibility index (Phi) is 5.94. The number of aromatic hydroxyl groups is 1. The number of aliphatic hydroxyl groups is 1. The molecule has 3 aromatic rings. The number of nitrogens with zero attached hydrogens (tertiary/aromatic N) is 1. The summed E-state index contributed by atoms with van der Waals surface area (Å²) in [6.07, 6.45) is 1.61. The fourth-order valence-corrected chi connectivity index (χ4v) is 4.72. The summed E-state index contributed by atoms with van der Waals surface area (Å²) in [5, 5.41) is 21.2. The number of benzene rings is 3. The molecule has 1 atom stereocenters. The number of amides is 1. The van der Waals surface area contributed by atoms with Gasteiger partial charge in [0.2, 0.25) is 0 Å². The zero-order valence-electron chi connectivity index (χ0n) is 18.5. The van der Waals surface area contributed by atoms with Crippen LogP contribution in [0.5, 0.6) is 11.5 Å². The van der Waals surface area contributed by atoms with E-state index in [2.05, 4.69) is 0 Å². The van der Waals surface area contributed by atoms with Crippen LogP contribution in [-0.4, -0.2) is 33.4 Å². The van der Waals surface area contributed by atoms with Crippen LogP contribution in [0.25, 0.3) is 5.76 Å². The molecule has 1 amide bonds. The van der Waals surface area contributed by atoms with E-state index in [0.717, 1.165) is 24.2 Å². The van der Waals surface area contributed by atoms with Crippen molar-refractivity contribution in [3.05, 3.63) is 99.3 Å². The Bertz CT molecular complexity index is 1370. The molecule has 35 heavy (non-hydrogen) atoms. The van der Waals surface area contributed by atoms with Gasteiger partial charge in [-0.1, -0.05) is 29.8 Å².